The average Bonchev–Trinajstić information content (AvgIpc) is 2.34. The Morgan fingerprint density at radius 3 is 2.33 bits per heavy atom. The molecule has 15 heavy (non-hydrogen) atoms. The fraction of sp³-hybridized carbons (Fsp3) is 0.571. The van der Waals surface area contributed by atoms with Crippen molar-refractivity contribution in [2.24, 2.45) is 0 Å². The predicted molar refractivity (Wildman–Crippen MR) is 67.5 cm³/mol. The second-order valence-corrected chi connectivity index (χ2v) is 3.07. The normalized spacial score (nSPS) is 17.0. The van der Waals surface area contributed by atoms with Crippen molar-refractivity contribution in [2.45, 2.75) is 53.6 Å². The van der Waals surface area contributed by atoms with Gasteiger partial charge in [0.2, 0.25) is 0 Å². The Hall–Kier alpha value is -0.980. The third-order valence-electron chi connectivity index (χ3n) is 2.12. The number of hydrogen-bond donors (Lipinski definition) is 0. The first-order valence-electron chi connectivity index (χ1n) is 6.11. The summed E-state index contributed by atoms with van der Waals surface area (Å²) in [5.74, 6) is 1.08. The van der Waals surface area contributed by atoms with E-state index >= 15 is 0 Å². The fourth-order valence-electron chi connectivity index (χ4n) is 1.46. The van der Waals surface area contributed by atoms with Crippen molar-refractivity contribution in [1.82, 2.24) is 0 Å². The van der Waals surface area contributed by atoms with E-state index in [4.69, 9.17) is 4.74 Å². The van der Waals surface area contributed by atoms with E-state index in [9.17, 15) is 0 Å². The molecule has 0 fully saturated rings. The van der Waals surface area contributed by atoms with Gasteiger partial charge in [0.25, 0.3) is 0 Å². The van der Waals surface area contributed by atoms with Crippen LogP contribution in [0, 0.1) is 0 Å². The third-order valence-corrected chi connectivity index (χ3v) is 2.12. The van der Waals surface area contributed by atoms with Crippen LogP contribution >= 0.6 is 0 Å². The summed E-state index contributed by atoms with van der Waals surface area (Å²) in [5.41, 5.74) is 1.35. The highest BCUT2D eigenvalue weighted by Crippen LogP contribution is 2.26. The van der Waals surface area contributed by atoms with Crippen LogP contribution in [-0.4, -0.2) is 6.10 Å². The van der Waals surface area contributed by atoms with Crippen molar-refractivity contribution < 1.29 is 4.74 Å². The Labute approximate surface area is 94.5 Å². The van der Waals surface area contributed by atoms with E-state index in [2.05, 4.69) is 19.1 Å². The van der Waals surface area contributed by atoms with Crippen molar-refractivity contribution in [2.75, 3.05) is 0 Å². The standard InChI is InChI=1S/C10H12O.2C2H6/c1-8-6-7-9-4-2-3-5-10(9)11-8;2*1-2/h2-5,8H,6-7H2,1H3;2*1-2H3. The molecule has 1 nitrogen and oxygen atoms in total. The van der Waals surface area contributed by atoms with Crippen LogP contribution in [0.15, 0.2) is 24.3 Å². The SMILES string of the molecule is CC.CC.CC1CCc2ccccc2O1. The molecule has 2 rings (SSSR count). The van der Waals surface area contributed by atoms with Crippen LogP contribution in [0.5, 0.6) is 5.75 Å². The molecule has 0 amide bonds. The Morgan fingerprint density at radius 1 is 1.07 bits per heavy atom. The van der Waals surface area contributed by atoms with Gasteiger partial charge in [0, 0.05) is 0 Å². The second kappa shape index (κ2) is 8.34. The summed E-state index contributed by atoms with van der Waals surface area (Å²) in [7, 11) is 0. The first-order chi connectivity index (χ1) is 7.36. The van der Waals surface area contributed by atoms with Gasteiger partial charge in [0.05, 0.1) is 6.10 Å². The van der Waals surface area contributed by atoms with Gasteiger partial charge in [0.15, 0.2) is 0 Å². The summed E-state index contributed by atoms with van der Waals surface area (Å²) in [6.07, 6.45) is 2.71. The van der Waals surface area contributed by atoms with Gasteiger partial charge in [-0.2, -0.15) is 0 Å². The van der Waals surface area contributed by atoms with E-state index in [-0.39, 0.29) is 0 Å². The zero-order valence-corrected chi connectivity index (χ0v) is 10.7. The minimum Gasteiger partial charge on any atom is -0.490 e. The zero-order chi connectivity index (χ0) is 11.7. The van der Waals surface area contributed by atoms with Gasteiger partial charge in [0.1, 0.15) is 5.75 Å². The van der Waals surface area contributed by atoms with Crippen LogP contribution in [0.2, 0.25) is 0 Å². The number of para-hydroxylation sites is 1. The summed E-state index contributed by atoms with van der Waals surface area (Å²) < 4.78 is 5.63. The number of aryl methyl sites for hydroxylation is 1. The first kappa shape index (κ1) is 14.0. The van der Waals surface area contributed by atoms with Crippen molar-refractivity contribution in [3.63, 3.8) is 0 Å². The third kappa shape index (κ3) is 4.37. The monoisotopic (exact) mass is 208 g/mol. The van der Waals surface area contributed by atoms with Crippen LogP contribution in [0.3, 0.4) is 0 Å². The lowest BCUT2D eigenvalue weighted by atomic mass is 10.0. The molecule has 1 heterocycles. The number of hydrogen-bond acceptors (Lipinski definition) is 1. The van der Waals surface area contributed by atoms with E-state index in [1.807, 2.05) is 39.8 Å². The molecule has 0 N–H and O–H groups in total. The molecule has 0 spiro atoms. The lowest BCUT2D eigenvalue weighted by Gasteiger charge is -2.22. The summed E-state index contributed by atoms with van der Waals surface area (Å²) in [4.78, 5) is 0. The molecule has 0 bridgehead atoms. The van der Waals surface area contributed by atoms with E-state index < -0.39 is 0 Å². The van der Waals surface area contributed by atoms with Crippen molar-refractivity contribution in [3.05, 3.63) is 29.8 Å². The maximum Gasteiger partial charge on any atom is 0.122 e. The maximum atomic E-state index is 5.63. The Balaban J connectivity index is 0.000000442. The van der Waals surface area contributed by atoms with Crippen LogP contribution < -0.4 is 4.74 Å². The highest BCUT2D eigenvalue weighted by Gasteiger charge is 2.13. The molecule has 0 saturated heterocycles. The molecule has 1 heteroatoms. The zero-order valence-electron chi connectivity index (χ0n) is 10.7. The lowest BCUT2D eigenvalue weighted by Crippen LogP contribution is -2.18. The fourth-order valence-corrected chi connectivity index (χ4v) is 1.46. The van der Waals surface area contributed by atoms with E-state index in [1.165, 1.54) is 5.56 Å². The Kier molecular flexibility index (Phi) is 7.79. The minimum atomic E-state index is 0.393. The molecule has 1 aromatic carbocycles. The minimum absolute atomic E-state index is 0.393. The number of ether oxygens (including phenoxy) is 1. The Morgan fingerprint density at radius 2 is 1.67 bits per heavy atom. The van der Waals surface area contributed by atoms with Crippen LogP contribution in [0.1, 0.15) is 46.6 Å². The van der Waals surface area contributed by atoms with Gasteiger partial charge in [-0.25, -0.2) is 0 Å². The first-order valence-corrected chi connectivity index (χ1v) is 6.11. The smallest absolute Gasteiger partial charge is 0.122 e. The van der Waals surface area contributed by atoms with Crippen molar-refractivity contribution in [3.8, 4) is 5.75 Å². The number of fused-ring (bicyclic) bond motifs is 1. The van der Waals surface area contributed by atoms with Gasteiger partial charge >= 0.3 is 0 Å². The number of rotatable bonds is 0. The molecule has 1 aliphatic rings. The highest BCUT2D eigenvalue weighted by atomic mass is 16.5. The van der Waals surface area contributed by atoms with E-state index in [0.717, 1.165) is 18.6 Å². The molecular weight excluding hydrogens is 184 g/mol. The average molecular weight is 208 g/mol. The highest BCUT2D eigenvalue weighted by molar-refractivity contribution is 5.34. The maximum absolute atomic E-state index is 5.63. The van der Waals surface area contributed by atoms with Gasteiger partial charge in [-0.15, -0.1) is 0 Å². The summed E-state index contributed by atoms with van der Waals surface area (Å²) >= 11 is 0. The number of benzene rings is 1. The second-order valence-electron chi connectivity index (χ2n) is 3.07. The molecule has 1 unspecified atom stereocenters. The molecule has 1 atom stereocenters. The molecule has 86 valence electrons. The molecule has 0 saturated carbocycles. The topological polar surface area (TPSA) is 9.23 Å². The van der Waals surface area contributed by atoms with Crippen LogP contribution in [0.4, 0.5) is 0 Å². The predicted octanol–water partition coefficient (Wildman–Crippen LogP) is 4.45. The largest absolute Gasteiger partial charge is 0.490 e. The van der Waals surface area contributed by atoms with Gasteiger partial charge in [-0.1, -0.05) is 45.9 Å². The molecule has 0 aliphatic carbocycles. The summed E-state index contributed by atoms with van der Waals surface area (Å²) in [5, 5.41) is 0. The van der Waals surface area contributed by atoms with Gasteiger partial charge in [-0.3, -0.25) is 0 Å². The molecular formula is C14H24O. The van der Waals surface area contributed by atoms with Crippen molar-refractivity contribution in [1.29, 1.82) is 0 Å². The Bertz CT molecular complexity index is 255. The summed E-state index contributed by atoms with van der Waals surface area (Å²) in [6, 6.07) is 8.28. The van der Waals surface area contributed by atoms with Gasteiger partial charge < -0.3 is 4.74 Å². The van der Waals surface area contributed by atoms with Crippen molar-refractivity contribution >= 4 is 0 Å². The van der Waals surface area contributed by atoms with Crippen LogP contribution in [0.25, 0.3) is 0 Å². The molecule has 0 aromatic heterocycles. The van der Waals surface area contributed by atoms with Crippen LogP contribution in [-0.2, 0) is 6.42 Å². The summed E-state index contributed by atoms with van der Waals surface area (Å²) in [6.45, 7) is 10.1. The lowest BCUT2D eigenvalue weighted by molar-refractivity contribution is 0.192. The van der Waals surface area contributed by atoms with Gasteiger partial charge in [-0.05, 0) is 31.4 Å². The van der Waals surface area contributed by atoms with E-state index in [0.29, 0.717) is 6.10 Å². The molecule has 0 radical (unpaired) electrons. The molecule has 1 aromatic rings. The quantitative estimate of drug-likeness (QED) is 0.612. The molecule has 1 aliphatic heterocycles. The van der Waals surface area contributed by atoms with E-state index in [1.54, 1.807) is 0 Å².